The van der Waals surface area contributed by atoms with E-state index in [9.17, 15) is 23.1 Å². The average Bonchev–Trinajstić information content (AvgIpc) is 2.78. The van der Waals surface area contributed by atoms with E-state index in [4.69, 9.17) is 0 Å². The molecule has 0 aliphatic rings. The molecule has 32 heavy (non-hydrogen) atoms. The van der Waals surface area contributed by atoms with E-state index >= 15 is 0 Å². The van der Waals surface area contributed by atoms with Gasteiger partial charge in [-0.25, -0.2) is 0 Å². The highest BCUT2D eigenvalue weighted by atomic mass is 32.2. The van der Waals surface area contributed by atoms with Gasteiger partial charge >= 0.3 is 0 Å². The van der Waals surface area contributed by atoms with Gasteiger partial charge in [0.1, 0.15) is 4.90 Å². The van der Waals surface area contributed by atoms with Crippen LogP contribution in [0.2, 0.25) is 0 Å². The molecule has 0 aromatic heterocycles. The third-order valence-electron chi connectivity index (χ3n) is 4.62. The van der Waals surface area contributed by atoms with Crippen LogP contribution < -0.4 is 5.32 Å². The van der Waals surface area contributed by atoms with Gasteiger partial charge in [-0.05, 0) is 36.4 Å². The van der Waals surface area contributed by atoms with E-state index in [1.54, 1.807) is 24.3 Å². The van der Waals surface area contributed by atoms with Crippen molar-refractivity contribution in [2.24, 2.45) is 10.2 Å². The Morgan fingerprint density at radius 2 is 1.62 bits per heavy atom. The molecule has 0 aliphatic heterocycles. The molecule has 4 aromatic carbocycles. The molecule has 0 bridgehead atoms. The molecule has 9 nitrogen and oxygen atoms in total. The van der Waals surface area contributed by atoms with E-state index in [2.05, 4.69) is 15.5 Å². The summed E-state index contributed by atoms with van der Waals surface area (Å²) in [6.45, 7) is 0. The van der Waals surface area contributed by atoms with Gasteiger partial charge in [0.05, 0.1) is 16.3 Å². The largest absolute Gasteiger partial charge is 0.355 e. The van der Waals surface area contributed by atoms with Crippen LogP contribution in [0, 0.1) is 10.1 Å². The van der Waals surface area contributed by atoms with E-state index in [0.29, 0.717) is 16.8 Å². The molecule has 0 unspecified atom stereocenters. The number of rotatable bonds is 6. The number of nitro benzene ring substituents is 1. The lowest BCUT2D eigenvalue weighted by molar-refractivity contribution is -0.384. The minimum Gasteiger partial charge on any atom is -0.355 e. The molecule has 0 radical (unpaired) electrons. The lowest BCUT2D eigenvalue weighted by Crippen LogP contribution is -2.01. The molecule has 160 valence electrons. The fourth-order valence-corrected chi connectivity index (χ4v) is 3.95. The first-order valence-electron chi connectivity index (χ1n) is 9.34. The van der Waals surface area contributed by atoms with Crippen LogP contribution in [-0.2, 0) is 10.1 Å². The average molecular weight is 448 g/mol. The number of hydrogen-bond acceptors (Lipinski definition) is 7. The maximum absolute atomic E-state index is 12.1. The number of nitro groups is 1. The second-order valence-corrected chi connectivity index (χ2v) is 8.14. The van der Waals surface area contributed by atoms with Gasteiger partial charge in [-0.2, -0.15) is 13.5 Å². The van der Waals surface area contributed by atoms with Crippen LogP contribution >= 0.6 is 0 Å². The van der Waals surface area contributed by atoms with Crippen molar-refractivity contribution in [2.75, 3.05) is 5.32 Å². The number of non-ortho nitro benzene ring substituents is 1. The van der Waals surface area contributed by atoms with E-state index in [-0.39, 0.29) is 21.7 Å². The molecule has 0 atom stereocenters. The van der Waals surface area contributed by atoms with E-state index in [0.717, 1.165) is 5.69 Å². The zero-order valence-electron chi connectivity index (χ0n) is 16.4. The standard InChI is InChI=1S/C22H16N4O5S/c27-26(28)17-9-4-8-16(14-17)24-25-19-12-13-20(23-15-6-2-1-3-7-15)22-18(19)10-5-11-21(22)32(29,30)31/h1-14,23H,(H,29,30,31). The number of nitrogens with one attached hydrogen (secondary N) is 1. The van der Waals surface area contributed by atoms with Gasteiger partial charge in [-0.3, -0.25) is 14.7 Å². The van der Waals surface area contributed by atoms with Gasteiger partial charge in [0.15, 0.2) is 0 Å². The second-order valence-electron chi connectivity index (χ2n) is 6.75. The van der Waals surface area contributed by atoms with Crippen molar-refractivity contribution in [1.82, 2.24) is 0 Å². The predicted molar refractivity (Wildman–Crippen MR) is 121 cm³/mol. The molecule has 0 heterocycles. The molecule has 0 saturated carbocycles. The van der Waals surface area contributed by atoms with Gasteiger partial charge in [0.25, 0.3) is 15.8 Å². The monoisotopic (exact) mass is 448 g/mol. The fraction of sp³-hybridized carbons (Fsp3) is 0. The minimum atomic E-state index is -4.53. The summed E-state index contributed by atoms with van der Waals surface area (Å²) in [5, 5.41) is 23.0. The fourth-order valence-electron chi connectivity index (χ4n) is 3.22. The van der Waals surface area contributed by atoms with Crippen LogP contribution in [-0.4, -0.2) is 17.9 Å². The van der Waals surface area contributed by atoms with Gasteiger partial charge in [-0.15, -0.1) is 5.11 Å². The maximum Gasteiger partial charge on any atom is 0.295 e. The van der Waals surface area contributed by atoms with Gasteiger partial charge in [0.2, 0.25) is 0 Å². The van der Waals surface area contributed by atoms with Crippen LogP contribution in [0.3, 0.4) is 0 Å². The van der Waals surface area contributed by atoms with E-state index in [1.807, 2.05) is 30.3 Å². The normalized spacial score (nSPS) is 11.7. The lowest BCUT2D eigenvalue weighted by atomic mass is 10.1. The van der Waals surface area contributed by atoms with E-state index in [1.165, 1.54) is 30.3 Å². The number of fused-ring (bicyclic) bond motifs is 1. The Hall–Kier alpha value is -4.15. The summed E-state index contributed by atoms with van der Waals surface area (Å²) < 4.78 is 33.9. The van der Waals surface area contributed by atoms with Crippen LogP contribution in [0.5, 0.6) is 0 Å². The third-order valence-corrected chi connectivity index (χ3v) is 5.52. The van der Waals surface area contributed by atoms with Gasteiger partial charge in [0, 0.05) is 34.3 Å². The highest BCUT2D eigenvalue weighted by Crippen LogP contribution is 2.38. The summed E-state index contributed by atoms with van der Waals surface area (Å²) in [5.74, 6) is 0. The summed E-state index contributed by atoms with van der Waals surface area (Å²) in [6, 6.07) is 22.5. The predicted octanol–water partition coefficient (Wildman–Crippen LogP) is 6.15. The molecule has 0 spiro atoms. The molecule has 2 N–H and O–H groups in total. The van der Waals surface area contributed by atoms with Crippen LogP contribution in [0.25, 0.3) is 10.8 Å². The summed E-state index contributed by atoms with van der Waals surface area (Å²) in [5.41, 5.74) is 1.65. The maximum atomic E-state index is 12.1. The Bertz CT molecular complexity index is 1450. The molecule has 0 fully saturated rings. The molecular weight excluding hydrogens is 432 g/mol. The zero-order valence-corrected chi connectivity index (χ0v) is 17.2. The van der Waals surface area contributed by atoms with Crippen molar-refractivity contribution in [1.29, 1.82) is 0 Å². The Morgan fingerprint density at radius 1 is 0.875 bits per heavy atom. The summed E-state index contributed by atoms with van der Waals surface area (Å²) in [7, 11) is -4.53. The smallest absolute Gasteiger partial charge is 0.295 e. The first kappa shape index (κ1) is 21.1. The Kier molecular flexibility index (Phi) is 5.63. The van der Waals surface area contributed by atoms with Crippen molar-refractivity contribution in [3.05, 3.63) is 95.0 Å². The molecule has 0 amide bonds. The number of benzene rings is 4. The lowest BCUT2D eigenvalue weighted by Gasteiger charge is -2.13. The van der Waals surface area contributed by atoms with Crippen molar-refractivity contribution in [3.8, 4) is 0 Å². The minimum absolute atomic E-state index is 0.123. The first-order valence-corrected chi connectivity index (χ1v) is 10.8. The summed E-state index contributed by atoms with van der Waals surface area (Å²) >= 11 is 0. The van der Waals surface area contributed by atoms with Crippen LogP contribution in [0.4, 0.5) is 28.4 Å². The van der Waals surface area contributed by atoms with Gasteiger partial charge in [-0.1, -0.05) is 36.4 Å². The Morgan fingerprint density at radius 3 is 2.34 bits per heavy atom. The van der Waals surface area contributed by atoms with Gasteiger partial charge < -0.3 is 5.32 Å². The highest BCUT2D eigenvalue weighted by Gasteiger charge is 2.18. The molecule has 10 heteroatoms. The first-order chi connectivity index (χ1) is 15.3. The molecule has 0 aliphatic carbocycles. The SMILES string of the molecule is O=[N+]([O-])c1cccc(N=Nc2ccc(Nc3ccccc3)c3c(S(=O)(=O)O)cccc23)c1. The number of azo groups is 1. The number of para-hydroxylation sites is 1. The van der Waals surface area contributed by atoms with Crippen LogP contribution in [0.1, 0.15) is 0 Å². The summed E-state index contributed by atoms with van der Waals surface area (Å²) in [6.07, 6.45) is 0. The van der Waals surface area contributed by atoms with Crippen molar-refractivity contribution in [2.45, 2.75) is 4.90 Å². The molecule has 4 aromatic rings. The van der Waals surface area contributed by atoms with Crippen molar-refractivity contribution in [3.63, 3.8) is 0 Å². The number of hydrogen-bond donors (Lipinski definition) is 2. The van der Waals surface area contributed by atoms with Crippen molar-refractivity contribution >= 4 is 49.3 Å². The topological polar surface area (TPSA) is 134 Å². The molecular formula is C22H16N4O5S. The molecule has 0 saturated heterocycles. The van der Waals surface area contributed by atoms with Crippen LogP contribution in [0.15, 0.2) is 100 Å². The van der Waals surface area contributed by atoms with E-state index < -0.39 is 15.0 Å². The van der Waals surface area contributed by atoms with Crippen molar-refractivity contribution < 1.29 is 17.9 Å². The Labute approximate surface area is 183 Å². The molecule has 4 rings (SSSR count). The Balaban J connectivity index is 1.86. The zero-order chi connectivity index (χ0) is 22.7. The summed E-state index contributed by atoms with van der Waals surface area (Å²) in [4.78, 5) is 10.2. The third kappa shape index (κ3) is 4.46. The highest BCUT2D eigenvalue weighted by molar-refractivity contribution is 7.86. The quantitative estimate of drug-likeness (QED) is 0.157. The second kappa shape index (κ2) is 8.53. The number of nitrogens with zero attached hydrogens (tertiary/aromatic N) is 3. The number of anilines is 2.